The van der Waals surface area contributed by atoms with Crippen molar-refractivity contribution in [2.24, 2.45) is 0 Å². The van der Waals surface area contributed by atoms with Crippen molar-refractivity contribution in [1.82, 2.24) is 0 Å². The lowest BCUT2D eigenvalue weighted by Crippen LogP contribution is -1.80. The Hall–Kier alpha value is -1.30. The number of allylic oxidation sites excluding steroid dienone is 9. The van der Waals surface area contributed by atoms with Gasteiger partial charge >= 0.3 is 0 Å². The third kappa shape index (κ3) is 13.1. The van der Waals surface area contributed by atoms with Crippen LogP contribution < -0.4 is 0 Å². The fourth-order valence-corrected chi connectivity index (χ4v) is 1.88. The van der Waals surface area contributed by atoms with Crippen LogP contribution in [0.1, 0.15) is 66.7 Å². The SMILES string of the molecule is C=C(C)C=CCC=C(C)CCC=C(C)CCC=C(C)C. The quantitative estimate of drug-likeness (QED) is 0.315. The van der Waals surface area contributed by atoms with Crippen LogP contribution in [0.4, 0.5) is 0 Å². The molecule has 0 atom stereocenters. The van der Waals surface area contributed by atoms with Crippen LogP contribution in [-0.4, -0.2) is 0 Å². The van der Waals surface area contributed by atoms with Crippen molar-refractivity contribution >= 4 is 0 Å². The molecule has 0 nitrogen and oxygen atoms in total. The van der Waals surface area contributed by atoms with Crippen molar-refractivity contribution in [1.29, 1.82) is 0 Å². The van der Waals surface area contributed by atoms with Gasteiger partial charge in [0.1, 0.15) is 0 Å². The third-order valence-corrected chi connectivity index (χ3v) is 3.13. The van der Waals surface area contributed by atoms with Crippen molar-refractivity contribution in [2.45, 2.75) is 66.7 Å². The van der Waals surface area contributed by atoms with Gasteiger partial charge < -0.3 is 0 Å². The second kappa shape index (κ2) is 11.5. The van der Waals surface area contributed by atoms with E-state index in [0.717, 1.165) is 18.4 Å². The van der Waals surface area contributed by atoms with E-state index in [1.807, 2.05) is 6.92 Å². The standard InChI is InChI=1S/C20H32/c1-17(2)11-7-8-13-19(5)15-10-16-20(6)14-9-12-18(3)4/h7,11-13,16H,1,8-10,14-15H2,2-6H3. The summed E-state index contributed by atoms with van der Waals surface area (Å²) in [5, 5.41) is 0. The van der Waals surface area contributed by atoms with E-state index in [0.29, 0.717) is 0 Å². The van der Waals surface area contributed by atoms with Gasteiger partial charge in [0.05, 0.1) is 0 Å². The average molecular weight is 272 g/mol. The zero-order valence-corrected chi connectivity index (χ0v) is 14.1. The summed E-state index contributed by atoms with van der Waals surface area (Å²) in [6.07, 6.45) is 17.0. The third-order valence-electron chi connectivity index (χ3n) is 3.13. The van der Waals surface area contributed by atoms with Crippen LogP contribution in [0.5, 0.6) is 0 Å². The van der Waals surface area contributed by atoms with Crippen molar-refractivity contribution in [3.8, 4) is 0 Å². The maximum absolute atomic E-state index is 3.86. The highest BCUT2D eigenvalue weighted by atomic mass is 14.0. The summed E-state index contributed by atoms with van der Waals surface area (Å²) in [6.45, 7) is 14.7. The molecule has 0 amide bonds. The molecule has 0 aromatic carbocycles. The molecule has 0 bridgehead atoms. The smallest absolute Gasteiger partial charge is 0.0163 e. The molecule has 0 fully saturated rings. The molecule has 0 spiro atoms. The Morgan fingerprint density at radius 2 is 1.35 bits per heavy atom. The zero-order chi connectivity index (χ0) is 15.4. The molecule has 0 aromatic rings. The fraction of sp³-hybridized carbons (Fsp3) is 0.500. The van der Waals surface area contributed by atoms with E-state index in [4.69, 9.17) is 0 Å². The zero-order valence-electron chi connectivity index (χ0n) is 14.1. The molecular formula is C20H32. The van der Waals surface area contributed by atoms with Crippen LogP contribution in [0.2, 0.25) is 0 Å². The molecule has 0 heteroatoms. The minimum atomic E-state index is 1.02. The predicted molar refractivity (Wildman–Crippen MR) is 94.0 cm³/mol. The lowest BCUT2D eigenvalue weighted by Gasteiger charge is -2.01. The summed E-state index contributed by atoms with van der Waals surface area (Å²) in [5.41, 5.74) is 5.52. The van der Waals surface area contributed by atoms with E-state index in [1.54, 1.807) is 0 Å². The molecular weight excluding hydrogens is 240 g/mol. The molecule has 0 aliphatic heterocycles. The van der Waals surface area contributed by atoms with Gasteiger partial charge in [0.25, 0.3) is 0 Å². The Labute approximate surface area is 126 Å². The largest absolute Gasteiger partial charge is 0.0961 e. The second-order valence-electron chi connectivity index (χ2n) is 5.94. The molecule has 0 aliphatic rings. The average Bonchev–Trinajstić information content (AvgIpc) is 2.34. The van der Waals surface area contributed by atoms with Gasteiger partial charge in [0, 0.05) is 0 Å². The highest BCUT2D eigenvalue weighted by molar-refractivity contribution is 5.13. The summed E-state index contributed by atoms with van der Waals surface area (Å²) in [5.74, 6) is 0. The first-order chi connectivity index (χ1) is 9.41. The Morgan fingerprint density at radius 3 is 1.90 bits per heavy atom. The van der Waals surface area contributed by atoms with Gasteiger partial charge in [0.15, 0.2) is 0 Å². The topological polar surface area (TPSA) is 0 Å². The number of hydrogen-bond acceptors (Lipinski definition) is 0. The molecule has 0 heterocycles. The van der Waals surface area contributed by atoms with Gasteiger partial charge in [-0.05, 0) is 66.7 Å². The van der Waals surface area contributed by atoms with Crippen LogP contribution in [0.3, 0.4) is 0 Å². The molecule has 112 valence electrons. The summed E-state index contributed by atoms with van der Waals surface area (Å²) in [4.78, 5) is 0. The Bertz CT molecular complexity index is 396. The number of rotatable bonds is 9. The van der Waals surface area contributed by atoms with Gasteiger partial charge in [-0.25, -0.2) is 0 Å². The van der Waals surface area contributed by atoms with Gasteiger partial charge in [-0.3, -0.25) is 0 Å². The first-order valence-electron chi connectivity index (χ1n) is 7.68. The van der Waals surface area contributed by atoms with E-state index >= 15 is 0 Å². The van der Waals surface area contributed by atoms with Crippen LogP contribution in [-0.2, 0) is 0 Å². The highest BCUT2D eigenvalue weighted by Gasteiger charge is 1.91. The Morgan fingerprint density at radius 1 is 0.800 bits per heavy atom. The Kier molecular flexibility index (Phi) is 10.8. The monoisotopic (exact) mass is 272 g/mol. The molecule has 0 saturated carbocycles. The molecule has 0 aromatic heterocycles. The van der Waals surface area contributed by atoms with Crippen molar-refractivity contribution in [2.75, 3.05) is 0 Å². The van der Waals surface area contributed by atoms with Crippen LogP contribution >= 0.6 is 0 Å². The van der Waals surface area contributed by atoms with Crippen LogP contribution in [0, 0.1) is 0 Å². The van der Waals surface area contributed by atoms with E-state index in [2.05, 4.69) is 64.7 Å². The van der Waals surface area contributed by atoms with Crippen LogP contribution in [0.15, 0.2) is 59.3 Å². The van der Waals surface area contributed by atoms with Gasteiger partial charge in [-0.2, -0.15) is 0 Å². The minimum absolute atomic E-state index is 1.02. The lowest BCUT2D eigenvalue weighted by atomic mass is 10.1. The molecule has 0 radical (unpaired) electrons. The summed E-state index contributed by atoms with van der Waals surface area (Å²) in [6, 6.07) is 0. The normalized spacial score (nSPS) is 12.8. The van der Waals surface area contributed by atoms with E-state index < -0.39 is 0 Å². The first-order valence-corrected chi connectivity index (χ1v) is 7.68. The molecule has 0 rings (SSSR count). The molecule has 20 heavy (non-hydrogen) atoms. The fourth-order valence-electron chi connectivity index (χ4n) is 1.88. The summed E-state index contributed by atoms with van der Waals surface area (Å²) < 4.78 is 0. The van der Waals surface area contributed by atoms with E-state index in [-0.39, 0.29) is 0 Å². The second-order valence-corrected chi connectivity index (χ2v) is 5.94. The van der Waals surface area contributed by atoms with E-state index in [1.165, 1.54) is 36.0 Å². The maximum atomic E-state index is 3.86. The van der Waals surface area contributed by atoms with Gasteiger partial charge in [0.2, 0.25) is 0 Å². The van der Waals surface area contributed by atoms with E-state index in [9.17, 15) is 0 Å². The van der Waals surface area contributed by atoms with Crippen LogP contribution in [0.25, 0.3) is 0 Å². The molecule has 0 N–H and O–H groups in total. The molecule has 0 saturated heterocycles. The predicted octanol–water partition coefficient (Wildman–Crippen LogP) is 6.93. The Balaban J connectivity index is 3.93. The minimum Gasteiger partial charge on any atom is -0.0961 e. The van der Waals surface area contributed by atoms with Gasteiger partial charge in [-0.15, -0.1) is 0 Å². The van der Waals surface area contributed by atoms with Gasteiger partial charge in [-0.1, -0.05) is 59.3 Å². The summed E-state index contributed by atoms with van der Waals surface area (Å²) >= 11 is 0. The molecule has 0 aliphatic carbocycles. The van der Waals surface area contributed by atoms with Crippen molar-refractivity contribution < 1.29 is 0 Å². The summed E-state index contributed by atoms with van der Waals surface area (Å²) in [7, 11) is 0. The lowest BCUT2D eigenvalue weighted by molar-refractivity contribution is 0.915. The van der Waals surface area contributed by atoms with Crippen molar-refractivity contribution in [3.63, 3.8) is 0 Å². The molecule has 0 unspecified atom stereocenters. The van der Waals surface area contributed by atoms with Crippen molar-refractivity contribution in [3.05, 3.63) is 59.3 Å². The highest BCUT2D eigenvalue weighted by Crippen LogP contribution is 2.11. The number of hydrogen-bond donors (Lipinski definition) is 0. The maximum Gasteiger partial charge on any atom is -0.0163 e. The first kappa shape index (κ1) is 18.7.